The number of rotatable bonds is 3. The maximum Gasteiger partial charge on any atom is 0.272 e. The summed E-state index contributed by atoms with van der Waals surface area (Å²) in [4.78, 5) is 12.8. The van der Waals surface area contributed by atoms with Crippen molar-refractivity contribution < 1.29 is 9.18 Å². The molecule has 4 nitrogen and oxygen atoms in total. The Labute approximate surface area is 147 Å². The quantitative estimate of drug-likeness (QED) is 0.918. The Morgan fingerprint density at radius 1 is 1.24 bits per heavy atom. The van der Waals surface area contributed by atoms with E-state index in [1.165, 1.54) is 24.2 Å². The summed E-state index contributed by atoms with van der Waals surface area (Å²) >= 11 is 0. The summed E-state index contributed by atoms with van der Waals surface area (Å²) in [6.07, 6.45) is 3.45. The first-order valence-electron chi connectivity index (χ1n) is 8.99. The maximum atomic E-state index is 13.2. The van der Waals surface area contributed by atoms with Crippen LogP contribution >= 0.6 is 0 Å². The van der Waals surface area contributed by atoms with E-state index in [0.717, 1.165) is 24.0 Å². The lowest BCUT2D eigenvalue weighted by molar-refractivity contribution is 0.0912. The molecule has 2 unspecified atom stereocenters. The van der Waals surface area contributed by atoms with Crippen LogP contribution < -0.4 is 5.32 Å². The minimum Gasteiger partial charge on any atom is -0.346 e. The smallest absolute Gasteiger partial charge is 0.272 e. The zero-order chi connectivity index (χ0) is 17.8. The van der Waals surface area contributed by atoms with Gasteiger partial charge in [-0.15, -0.1) is 0 Å². The first-order chi connectivity index (χ1) is 11.8. The number of hydrogen-bond acceptors (Lipinski definition) is 2. The van der Waals surface area contributed by atoms with Crippen molar-refractivity contribution in [2.75, 3.05) is 0 Å². The van der Waals surface area contributed by atoms with E-state index in [9.17, 15) is 9.18 Å². The summed E-state index contributed by atoms with van der Waals surface area (Å²) in [6, 6.07) is 6.51. The maximum absolute atomic E-state index is 13.2. The molecular formula is C20H24FN3O. The summed E-state index contributed by atoms with van der Waals surface area (Å²) in [5, 5.41) is 7.73. The SMILES string of the molecule is CC(C)(C)NC(=O)c1nn(Cc2ccc(F)cc2)c2c1C1CCC2C1. The van der Waals surface area contributed by atoms with Crippen LogP contribution in [0.25, 0.3) is 0 Å². The molecule has 2 atom stereocenters. The monoisotopic (exact) mass is 341 g/mol. The molecule has 5 heteroatoms. The van der Waals surface area contributed by atoms with Crippen LogP contribution in [-0.2, 0) is 6.54 Å². The van der Waals surface area contributed by atoms with E-state index in [2.05, 4.69) is 10.4 Å². The van der Waals surface area contributed by atoms with Crippen molar-refractivity contribution in [1.82, 2.24) is 15.1 Å². The van der Waals surface area contributed by atoms with Gasteiger partial charge in [0.25, 0.3) is 5.91 Å². The van der Waals surface area contributed by atoms with Crippen LogP contribution in [0.1, 0.15) is 79.2 Å². The third-order valence-electron chi connectivity index (χ3n) is 5.21. The third kappa shape index (κ3) is 2.96. The highest BCUT2D eigenvalue weighted by Crippen LogP contribution is 2.54. The fourth-order valence-electron chi connectivity index (χ4n) is 4.26. The van der Waals surface area contributed by atoms with Gasteiger partial charge in [-0.25, -0.2) is 4.39 Å². The van der Waals surface area contributed by atoms with Crippen molar-refractivity contribution in [2.24, 2.45) is 0 Å². The van der Waals surface area contributed by atoms with Crippen molar-refractivity contribution >= 4 is 5.91 Å². The Bertz CT molecular complexity index is 817. The molecule has 1 aromatic carbocycles. The molecule has 2 bridgehead atoms. The highest BCUT2D eigenvalue weighted by Gasteiger charge is 2.44. The Morgan fingerprint density at radius 2 is 1.92 bits per heavy atom. The van der Waals surface area contributed by atoms with Gasteiger partial charge in [0.1, 0.15) is 5.82 Å². The van der Waals surface area contributed by atoms with E-state index in [1.54, 1.807) is 12.1 Å². The van der Waals surface area contributed by atoms with Gasteiger partial charge in [-0.1, -0.05) is 12.1 Å². The lowest BCUT2D eigenvalue weighted by atomic mass is 9.95. The average Bonchev–Trinajstić information content (AvgIpc) is 3.20. The molecule has 132 valence electrons. The van der Waals surface area contributed by atoms with Crippen LogP contribution in [0, 0.1) is 5.82 Å². The highest BCUT2D eigenvalue weighted by atomic mass is 19.1. The Kier molecular flexibility index (Phi) is 3.71. The predicted molar refractivity (Wildman–Crippen MR) is 94.3 cm³/mol. The number of halogens is 1. The van der Waals surface area contributed by atoms with Crippen LogP contribution in [-0.4, -0.2) is 21.2 Å². The largest absolute Gasteiger partial charge is 0.346 e. The van der Waals surface area contributed by atoms with Gasteiger partial charge in [0.2, 0.25) is 0 Å². The zero-order valence-corrected chi connectivity index (χ0v) is 15.0. The first-order valence-corrected chi connectivity index (χ1v) is 8.99. The van der Waals surface area contributed by atoms with Gasteiger partial charge in [0.15, 0.2) is 5.69 Å². The Morgan fingerprint density at radius 3 is 2.60 bits per heavy atom. The van der Waals surface area contributed by atoms with E-state index in [0.29, 0.717) is 24.1 Å². The number of carbonyl (C=O) groups excluding carboxylic acids is 1. The molecule has 1 saturated carbocycles. The Hall–Kier alpha value is -2.17. The van der Waals surface area contributed by atoms with Crippen molar-refractivity contribution in [3.63, 3.8) is 0 Å². The molecule has 0 aliphatic heterocycles. The second-order valence-electron chi connectivity index (χ2n) is 8.34. The van der Waals surface area contributed by atoms with Crippen molar-refractivity contribution in [2.45, 2.75) is 64.0 Å². The number of fused-ring (bicyclic) bond motifs is 5. The lowest BCUT2D eigenvalue weighted by Gasteiger charge is -2.20. The topological polar surface area (TPSA) is 46.9 Å². The van der Waals surface area contributed by atoms with Gasteiger partial charge in [0, 0.05) is 22.7 Å². The lowest BCUT2D eigenvalue weighted by Crippen LogP contribution is -2.41. The molecule has 1 aromatic heterocycles. The van der Waals surface area contributed by atoms with Crippen LogP contribution in [0.2, 0.25) is 0 Å². The molecule has 4 rings (SSSR count). The van der Waals surface area contributed by atoms with E-state index < -0.39 is 0 Å². The van der Waals surface area contributed by atoms with E-state index in [1.807, 2.05) is 25.5 Å². The molecule has 1 fully saturated rings. The zero-order valence-electron chi connectivity index (χ0n) is 15.0. The number of benzene rings is 1. The molecule has 1 heterocycles. The van der Waals surface area contributed by atoms with Gasteiger partial charge in [-0.3, -0.25) is 9.48 Å². The molecule has 0 spiro atoms. The summed E-state index contributed by atoms with van der Waals surface area (Å²) in [5.74, 6) is 0.639. The number of hydrogen-bond donors (Lipinski definition) is 1. The fourth-order valence-corrected chi connectivity index (χ4v) is 4.26. The second-order valence-corrected chi connectivity index (χ2v) is 8.34. The van der Waals surface area contributed by atoms with E-state index in [4.69, 9.17) is 0 Å². The van der Waals surface area contributed by atoms with Crippen LogP contribution in [0.5, 0.6) is 0 Å². The molecular weight excluding hydrogens is 317 g/mol. The minimum absolute atomic E-state index is 0.0887. The number of carbonyl (C=O) groups is 1. The average molecular weight is 341 g/mol. The summed E-state index contributed by atoms with van der Waals surface area (Å²) in [6.45, 7) is 6.51. The van der Waals surface area contributed by atoms with Crippen molar-refractivity contribution in [3.8, 4) is 0 Å². The van der Waals surface area contributed by atoms with E-state index in [-0.39, 0.29) is 17.3 Å². The van der Waals surface area contributed by atoms with E-state index >= 15 is 0 Å². The normalized spacial score (nSPS) is 21.4. The first kappa shape index (κ1) is 16.3. The second kappa shape index (κ2) is 5.68. The fraction of sp³-hybridized carbons (Fsp3) is 0.500. The van der Waals surface area contributed by atoms with Gasteiger partial charge in [-0.05, 0) is 63.6 Å². The molecule has 2 aliphatic rings. The summed E-state index contributed by atoms with van der Waals surface area (Å²) in [5.41, 5.74) is 3.67. The Balaban J connectivity index is 1.71. The molecule has 2 aromatic rings. The number of nitrogens with zero attached hydrogens (tertiary/aromatic N) is 2. The number of amides is 1. The van der Waals surface area contributed by atoms with Crippen molar-refractivity contribution in [3.05, 3.63) is 52.6 Å². The number of nitrogens with one attached hydrogen (secondary N) is 1. The molecule has 2 aliphatic carbocycles. The standard InChI is InChI=1S/C20H24FN3O/c1-20(2,3)22-19(25)17-16-13-6-7-14(10-13)18(16)24(23-17)11-12-4-8-15(21)9-5-12/h4-5,8-9,13-14H,6-7,10-11H2,1-3H3,(H,22,25). The van der Waals surface area contributed by atoms with Crippen molar-refractivity contribution in [1.29, 1.82) is 0 Å². The molecule has 1 amide bonds. The van der Waals surface area contributed by atoms with Gasteiger partial charge in [0.05, 0.1) is 6.54 Å². The third-order valence-corrected chi connectivity index (χ3v) is 5.21. The molecule has 0 saturated heterocycles. The van der Waals surface area contributed by atoms with Crippen LogP contribution in [0.4, 0.5) is 4.39 Å². The molecule has 25 heavy (non-hydrogen) atoms. The van der Waals surface area contributed by atoms with Crippen LogP contribution in [0.3, 0.4) is 0 Å². The minimum atomic E-state index is -0.289. The summed E-state index contributed by atoms with van der Waals surface area (Å²) < 4.78 is 15.1. The molecule has 0 radical (unpaired) electrons. The van der Waals surface area contributed by atoms with Gasteiger partial charge in [-0.2, -0.15) is 5.10 Å². The predicted octanol–water partition coefficient (Wildman–Crippen LogP) is 3.96. The van der Waals surface area contributed by atoms with Crippen LogP contribution in [0.15, 0.2) is 24.3 Å². The van der Waals surface area contributed by atoms with Gasteiger partial charge >= 0.3 is 0 Å². The number of aromatic nitrogens is 2. The van der Waals surface area contributed by atoms with Gasteiger partial charge < -0.3 is 5.32 Å². The highest BCUT2D eigenvalue weighted by molar-refractivity contribution is 5.95. The summed E-state index contributed by atoms with van der Waals surface area (Å²) in [7, 11) is 0. The molecule has 1 N–H and O–H groups in total.